The highest BCUT2D eigenvalue weighted by Gasteiger charge is 2.23. The number of aromatic nitrogens is 1. The van der Waals surface area contributed by atoms with Gasteiger partial charge in [0.15, 0.2) is 0 Å². The van der Waals surface area contributed by atoms with E-state index in [2.05, 4.69) is 10.3 Å². The number of rotatable bonds is 6. The first-order chi connectivity index (χ1) is 12.3. The molecule has 2 amide bonds. The monoisotopic (exact) mass is 341 g/mol. The van der Waals surface area contributed by atoms with Crippen LogP contribution in [0.1, 0.15) is 18.4 Å². The van der Waals surface area contributed by atoms with Crippen molar-refractivity contribution >= 4 is 11.7 Å². The van der Waals surface area contributed by atoms with Gasteiger partial charge in [0.2, 0.25) is 0 Å². The number of hydrogen-bond donors (Lipinski definition) is 1. The van der Waals surface area contributed by atoms with Gasteiger partial charge >= 0.3 is 6.03 Å². The molecule has 2 heterocycles. The molecule has 0 spiro atoms. The Bertz CT molecular complexity index is 687. The summed E-state index contributed by atoms with van der Waals surface area (Å²) in [4.78, 5) is 18.7. The molecule has 132 valence electrons. The van der Waals surface area contributed by atoms with Gasteiger partial charge in [0.05, 0.1) is 18.9 Å². The lowest BCUT2D eigenvalue weighted by Crippen LogP contribution is -2.39. The summed E-state index contributed by atoms with van der Waals surface area (Å²) in [5.41, 5.74) is 1.69. The zero-order valence-corrected chi connectivity index (χ0v) is 14.4. The normalized spacial score (nSPS) is 16.4. The number of nitrogens with one attached hydrogen (secondary N) is 1. The molecule has 1 aromatic heterocycles. The van der Waals surface area contributed by atoms with Crippen LogP contribution in [0.4, 0.5) is 10.5 Å². The van der Waals surface area contributed by atoms with Crippen LogP contribution in [0.15, 0.2) is 48.8 Å². The first kappa shape index (κ1) is 17.2. The van der Waals surface area contributed by atoms with E-state index in [1.165, 1.54) is 0 Å². The molecule has 0 unspecified atom stereocenters. The van der Waals surface area contributed by atoms with Gasteiger partial charge in [-0.25, -0.2) is 4.79 Å². The standard InChI is InChI=1S/C19H23N3O3/c1-24-18-7-3-2-6-17(18)21-19(23)22(14-16-5-4-12-25-16)13-15-8-10-20-11-9-15/h2-3,6-11,16H,4-5,12-14H2,1H3,(H,21,23)/t16-/m0/s1. The lowest BCUT2D eigenvalue weighted by atomic mass is 10.2. The number of carbonyl (C=O) groups excluding carboxylic acids is 1. The van der Waals surface area contributed by atoms with Gasteiger partial charge in [-0.1, -0.05) is 12.1 Å². The summed E-state index contributed by atoms with van der Waals surface area (Å²) >= 11 is 0. The molecule has 25 heavy (non-hydrogen) atoms. The number of benzene rings is 1. The average Bonchev–Trinajstić information content (AvgIpc) is 3.15. The number of urea groups is 1. The van der Waals surface area contributed by atoms with Gasteiger partial charge in [0.25, 0.3) is 0 Å². The highest BCUT2D eigenvalue weighted by molar-refractivity contribution is 5.91. The summed E-state index contributed by atoms with van der Waals surface area (Å²) in [7, 11) is 1.59. The Morgan fingerprint density at radius 1 is 1.32 bits per heavy atom. The third kappa shape index (κ3) is 4.70. The topological polar surface area (TPSA) is 63.7 Å². The second-order valence-corrected chi connectivity index (χ2v) is 6.00. The van der Waals surface area contributed by atoms with Crippen molar-refractivity contribution in [2.45, 2.75) is 25.5 Å². The molecule has 1 N–H and O–H groups in total. The zero-order valence-electron chi connectivity index (χ0n) is 14.4. The Kier molecular flexibility index (Phi) is 5.85. The van der Waals surface area contributed by atoms with Gasteiger partial charge in [-0.2, -0.15) is 0 Å². The molecule has 6 heteroatoms. The van der Waals surface area contributed by atoms with E-state index in [0.717, 1.165) is 25.0 Å². The van der Waals surface area contributed by atoms with Crippen molar-refractivity contribution in [2.24, 2.45) is 0 Å². The Morgan fingerprint density at radius 3 is 2.84 bits per heavy atom. The predicted molar refractivity (Wildman–Crippen MR) is 95.6 cm³/mol. The molecule has 1 aromatic carbocycles. The van der Waals surface area contributed by atoms with E-state index in [9.17, 15) is 4.79 Å². The van der Waals surface area contributed by atoms with Crippen molar-refractivity contribution in [2.75, 3.05) is 25.6 Å². The van der Waals surface area contributed by atoms with Crippen LogP contribution in [0, 0.1) is 0 Å². The maximum Gasteiger partial charge on any atom is 0.322 e. The molecule has 0 radical (unpaired) electrons. The second-order valence-electron chi connectivity index (χ2n) is 6.00. The van der Waals surface area contributed by atoms with Gasteiger partial charge in [-0.3, -0.25) is 4.98 Å². The van der Waals surface area contributed by atoms with E-state index in [1.807, 2.05) is 36.4 Å². The van der Waals surface area contributed by atoms with Crippen molar-refractivity contribution in [3.05, 3.63) is 54.4 Å². The fourth-order valence-corrected chi connectivity index (χ4v) is 2.90. The van der Waals surface area contributed by atoms with E-state index < -0.39 is 0 Å². The van der Waals surface area contributed by atoms with Crippen molar-refractivity contribution in [3.8, 4) is 5.75 Å². The van der Waals surface area contributed by atoms with Gasteiger partial charge in [-0.05, 0) is 42.7 Å². The molecule has 0 bridgehead atoms. The summed E-state index contributed by atoms with van der Waals surface area (Å²) < 4.78 is 11.0. The van der Waals surface area contributed by atoms with Gasteiger partial charge in [0.1, 0.15) is 5.75 Å². The van der Waals surface area contributed by atoms with Crippen LogP contribution in [0.25, 0.3) is 0 Å². The number of anilines is 1. The Balaban J connectivity index is 1.73. The molecule has 1 aliphatic heterocycles. The predicted octanol–water partition coefficient (Wildman–Crippen LogP) is 3.30. The van der Waals surface area contributed by atoms with Crippen LogP contribution in [-0.2, 0) is 11.3 Å². The van der Waals surface area contributed by atoms with E-state index in [1.54, 1.807) is 24.4 Å². The second kappa shape index (κ2) is 8.48. The minimum atomic E-state index is -0.170. The maximum absolute atomic E-state index is 12.9. The van der Waals surface area contributed by atoms with Crippen LogP contribution in [0.5, 0.6) is 5.75 Å². The van der Waals surface area contributed by atoms with Gasteiger partial charge < -0.3 is 19.7 Å². The van der Waals surface area contributed by atoms with E-state index >= 15 is 0 Å². The Labute approximate surface area is 147 Å². The summed E-state index contributed by atoms with van der Waals surface area (Å²) in [6.07, 6.45) is 5.58. The van der Waals surface area contributed by atoms with Crippen LogP contribution in [0.3, 0.4) is 0 Å². The lowest BCUT2D eigenvalue weighted by molar-refractivity contribution is 0.0819. The van der Waals surface area contributed by atoms with Crippen LogP contribution < -0.4 is 10.1 Å². The van der Waals surface area contributed by atoms with E-state index in [-0.39, 0.29) is 12.1 Å². The number of para-hydroxylation sites is 2. The first-order valence-electron chi connectivity index (χ1n) is 8.45. The van der Waals surface area contributed by atoms with Crippen molar-refractivity contribution < 1.29 is 14.3 Å². The SMILES string of the molecule is COc1ccccc1NC(=O)N(Cc1ccncc1)C[C@@H]1CCCO1. The minimum Gasteiger partial charge on any atom is -0.495 e. The fourth-order valence-electron chi connectivity index (χ4n) is 2.90. The number of ether oxygens (including phenoxy) is 2. The summed E-state index contributed by atoms with van der Waals surface area (Å²) in [5, 5.41) is 2.95. The number of nitrogens with zero attached hydrogens (tertiary/aromatic N) is 2. The lowest BCUT2D eigenvalue weighted by Gasteiger charge is -2.26. The smallest absolute Gasteiger partial charge is 0.322 e. The van der Waals surface area contributed by atoms with Gasteiger partial charge in [-0.15, -0.1) is 0 Å². The first-order valence-corrected chi connectivity index (χ1v) is 8.45. The minimum absolute atomic E-state index is 0.0882. The Hall–Kier alpha value is -2.60. The number of hydrogen-bond acceptors (Lipinski definition) is 4. The zero-order chi connectivity index (χ0) is 17.5. The molecular formula is C19H23N3O3. The molecular weight excluding hydrogens is 318 g/mol. The molecule has 0 saturated carbocycles. The number of methoxy groups -OCH3 is 1. The third-order valence-electron chi connectivity index (χ3n) is 4.21. The van der Waals surface area contributed by atoms with Crippen molar-refractivity contribution in [1.82, 2.24) is 9.88 Å². The molecule has 2 aromatic rings. The third-order valence-corrected chi connectivity index (χ3v) is 4.21. The molecule has 3 rings (SSSR count). The molecule has 6 nitrogen and oxygen atoms in total. The highest BCUT2D eigenvalue weighted by atomic mass is 16.5. The number of amides is 2. The molecule has 1 fully saturated rings. The molecule has 1 atom stereocenters. The van der Waals surface area contributed by atoms with E-state index in [4.69, 9.17) is 9.47 Å². The van der Waals surface area contributed by atoms with Crippen LogP contribution >= 0.6 is 0 Å². The Morgan fingerprint density at radius 2 is 2.12 bits per heavy atom. The van der Waals surface area contributed by atoms with Crippen molar-refractivity contribution in [1.29, 1.82) is 0 Å². The fraction of sp³-hybridized carbons (Fsp3) is 0.368. The maximum atomic E-state index is 12.9. The highest BCUT2D eigenvalue weighted by Crippen LogP contribution is 2.24. The van der Waals surface area contributed by atoms with Gasteiger partial charge in [0, 0.05) is 32.1 Å². The average molecular weight is 341 g/mol. The molecule has 0 aliphatic carbocycles. The molecule has 1 saturated heterocycles. The summed E-state index contributed by atoms with van der Waals surface area (Å²) in [5.74, 6) is 0.636. The van der Waals surface area contributed by atoms with Crippen LogP contribution in [0.2, 0.25) is 0 Å². The number of carbonyl (C=O) groups is 1. The van der Waals surface area contributed by atoms with Crippen LogP contribution in [-0.4, -0.2) is 42.3 Å². The van der Waals surface area contributed by atoms with E-state index in [0.29, 0.717) is 24.5 Å². The quantitative estimate of drug-likeness (QED) is 0.875. The largest absolute Gasteiger partial charge is 0.495 e. The summed E-state index contributed by atoms with van der Waals surface area (Å²) in [6, 6.07) is 11.0. The number of pyridine rings is 1. The molecule has 1 aliphatic rings. The van der Waals surface area contributed by atoms with Crippen molar-refractivity contribution in [3.63, 3.8) is 0 Å². The summed E-state index contributed by atoms with van der Waals surface area (Å²) in [6.45, 7) is 1.83.